The predicted octanol–water partition coefficient (Wildman–Crippen LogP) is 4.98. The zero-order chi connectivity index (χ0) is 24.5. The van der Waals surface area contributed by atoms with Crippen molar-refractivity contribution in [2.75, 3.05) is 32.9 Å². The van der Waals surface area contributed by atoms with Gasteiger partial charge in [-0.3, -0.25) is 15.1 Å². The maximum absolute atomic E-state index is 11.5. The summed E-state index contributed by atoms with van der Waals surface area (Å²) in [6.45, 7) is 0.456. The highest BCUT2D eigenvalue weighted by Crippen LogP contribution is 2.48. The Bertz CT molecular complexity index is 1270. The van der Waals surface area contributed by atoms with E-state index in [-0.39, 0.29) is 17.6 Å². The van der Waals surface area contributed by atoms with Crippen LogP contribution in [0, 0.1) is 16.0 Å². The fourth-order valence-electron chi connectivity index (χ4n) is 4.82. The smallest absolute Gasteiger partial charge is 0.270 e. The van der Waals surface area contributed by atoms with Crippen LogP contribution in [-0.4, -0.2) is 38.6 Å². The van der Waals surface area contributed by atoms with Crippen LogP contribution in [0.25, 0.3) is 0 Å². The first-order chi connectivity index (χ1) is 17.0. The Labute approximate surface area is 202 Å². The lowest BCUT2D eigenvalue weighted by Crippen LogP contribution is -2.26. The van der Waals surface area contributed by atoms with Crippen LogP contribution in [0.2, 0.25) is 0 Å². The molecule has 2 aliphatic heterocycles. The molecule has 3 aromatic rings. The van der Waals surface area contributed by atoms with Crippen molar-refractivity contribution < 1.29 is 23.9 Å². The Morgan fingerprint density at radius 2 is 1.71 bits per heavy atom. The van der Waals surface area contributed by atoms with Crippen LogP contribution >= 0.6 is 0 Å². The number of fused-ring (bicyclic) bond motifs is 3. The van der Waals surface area contributed by atoms with Crippen molar-refractivity contribution in [3.63, 3.8) is 0 Å². The number of methoxy groups -OCH3 is 3. The molecule has 180 valence electrons. The van der Waals surface area contributed by atoms with Gasteiger partial charge in [0.05, 0.1) is 50.3 Å². The van der Waals surface area contributed by atoms with Crippen molar-refractivity contribution in [3.8, 4) is 23.0 Å². The van der Waals surface area contributed by atoms with Gasteiger partial charge in [0.1, 0.15) is 5.75 Å². The van der Waals surface area contributed by atoms with Crippen molar-refractivity contribution in [1.29, 1.82) is 0 Å². The van der Waals surface area contributed by atoms with E-state index in [4.69, 9.17) is 24.0 Å². The number of hydrogen-bond acceptors (Lipinski definition) is 8. The number of rotatable bonds is 6. The lowest BCUT2D eigenvalue weighted by molar-refractivity contribution is -0.384. The summed E-state index contributed by atoms with van der Waals surface area (Å²) < 4.78 is 22.7. The third kappa shape index (κ3) is 3.88. The Kier molecular flexibility index (Phi) is 5.90. The van der Waals surface area contributed by atoms with E-state index in [1.54, 1.807) is 33.5 Å². The Hall–Kier alpha value is -4.27. The van der Waals surface area contributed by atoms with E-state index in [1.165, 1.54) is 6.07 Å². The number of non-ortho nitro benzene ring substituents is 1. The number of nitro benzene ring substituents is 1. The molecule has 0 saturated heterocycles. The molecule has 0 radical (unpaired) electrons. The van der Waals surface area contributed by atoms with Crippen molar-refractivity contribution in [1.82, 2.24) is 0 Å². The Morgan fingerprint density at radius 3 is 2.34 bits per heavy atom. The number of para-hydroxylation sites is 1. The van der Waals surface area contributed by atoms with E-state index in [0.29, 0.717) is 41.6 Å². The molecule has 9 heteroatoms. The third-order valence-electron chi connectivity index (χ3n) is 6.40. The molecule has 35 heavy (non-hydrogen) atoms. The van der Waals surface area contributed by atoms with Crippen LogP contribution in [0.15, 0.2) is 65.8 Å². The van der Waals surface area contributed by atoms with Gasteiger partial charge in [-0.1, -0.05) is 18.2 Å². The maximum atomic E-state index is 11.5. The van der Waals surface area contributed by atoms with Crippen molar-refractivity contribution >= 4 is 17.1 Å². The van der Waals surface area contributed by atoms with E-state index < -0.39 is 4.92 Å². The predicted molar refractivity (Wildman–Crippen MR) is 131 cm³/mol. The lowest BCUT2D eigenvalue weighted by atomic mass is 9.84. The van der Waals surface area contributed by atoms with Crippen LogP contribution in [0.3, 0.4) is 0 Å². The van der Waals surface area contributed by atoms with Crippen LogP contribution in [-0.2, 0) is 0 Å². The van der Waals surface area contributed by atoms with Crippen molar-refractivity contribution in [2.24, 2.45) is 11.0 Å². The molecule has 5 rings (SSSR count). The molecule has 2 heterocycles. The summed E-state index contributed by atoms with van der Waals surface area (Å²) in [6, 6.07) is 18.1. The third-order valence-corrected chi connectivity index (χ3v) is 6.40. The quantitative estimate of drug-likeness (QED) is 0.366. The van der Waals surface area contributed by atoms with Gasteiger partial charge < -0.3 is 18.9 Å². The number of hydrogen-bond donors (Lipinski definition) is 0. The molecule has 0 spiro atoms. The van der Waals surface area contributed by atoms with E-state index in [2.05, 4.69) is 0 Å². The molecular weight excluding hydrogens is 450 g/mol. The minimum absolute atomic E-state index is 0.00167. The van der Waals surface area contributed by atoms with Crippen LogP contribution in [0.5, 0.6) is 23.0 Å². The molecule has 0 amide bonds. The fourth-order valence-corrected chi connectivity index (χ4v) is 4.82. The van der Waals surface area contributed by atoms with Crippen LogP contribution in [0.4, 0.5) is 11.4 Å². The van der Waals surface area contributed by atoms with Gasteiger partial charge >= 0.3 is 0 Å². The van der Waals surface area contributed by atoms with E-state index in [9.17, 15) is 10.1 Å². The first-order valence-electron chi connectivity index (χ1n) is 11.2. The standard InChI is InChI=1S/C26H25N3O6/c1-32-22-13-16(14-23(33-2)26(22)34-3)25-19-11-12-35-21-10-9-18(29(30)31)15-20(21)24(19)27-28(25)17-7-5-4-6-8-17/h4-10,13-15,19,25H,11-12H2,1-3H3. The molecule has 0 aromatic heterocycles. The lowest BCUT2D eigenvalue weighted by Gasteiger charge is -2.29. The monoisotopic (exact) mass is 475 g/mol. The molecule has 2 atom stereocenters. The van der Waals surface area contributed by atoms with Crippen molar-refractivity contribution in [2.45, 2.75) is 12.5 Å². The summed E-state index contributed by atoms with van der Waals surface area (Å²) in [5.41, 5.74) is 3.21. The summed E-state index contributed by atoms with van der Waals surface area (Å²) in [4.78, 5) is 11.1. The summed E-state index contributed by atoms with van der Waals surface area (Å²) in [6.07, 6.45) is 0.673. The van der Waals surface area contributed by atoms with Gasteiger partial charge in [-0.05, 0) is 42.3 Å². The average molecular weight is 476 g/mol. The second-order valence-electron chi connectivity index (χ2n) is 8.25. The molecule has 9 nitrogen and oxygen atoms in total. The van der Waals surface area contributed by atoms with E-state index >= 15 is 0 Å². The topological polar surface area (TPSA) is 95.7 Å². The molecule has 0 N–H and O–H groups in total. The highest BCUT2D eigenvalue weighted by atomic mass is 16.6. The first kappa shape index (κ1) is 22.5. The van der Waals surface area contributed by atoms with Crippen LogP contribution < -0.4 is 24.0 Å². The highest BCUT2D eigenvalue weighted by molar-refractivity contribution is 6.07. The molecule has 2 aliphatic rings. The average Bonchev–Trinajstić information content (AvgIpc) is 3.18. The highest BCUT2D eigenvalue weighted by Gasteiger charge is 2.43. The van der Waals surface area contributed by atoms with Crippen LogP contribution in [0.1, 0.15) is 23.6 Å². The van der Waals surface area contributed by atoms with Gasteiger partial charge in [-0.25, -0.2) is 0 Å². The van der Waals surface area contributed by atoms with Crippen molar-refractivity contribution in [3.05, 3.63) is 81.9 Å². The second kappa shape index (κ2) is 9.17. The normalized spacial score (nSPS) is 18.5. The summed E-state index contributed by atoms with van der Waals surface area (Å²) in [7, 11) is 4.74. The molecule has 0 aliphatic carbocycles. The molecule has 0 saturated carbocycles. The summed E-state index contributed by atoms with van der Waals surface area (Å²) in [5, 5.41) is 18.5. The molecule has 0 bridgehead atoms. The van der Waals surface area contributed by atoms with Gasteiger partial charge in [0.2, 0.25) is 5.75 Å². The number of nitro groups is 1. The van der Waals surface area contributed by atoms with Gasteiger partial charge in [0.25, 0.3) is 5.69 Å². The van der Waals surface area contributed by atoms with Gasteiger partial charge in [0, 0.05) is 23.6 Å². The summed E-state index contributed by atoms with van der Waals surface area (Å²) >= 11 is 0. The number of hydrazone groups is 1. The number of ether oxygens (including phenoxy) is 4. The minimum Gasteiger partial charge on any atom is -0.493 e. The second-order valence-corrected chi connectivity index (χ2v) is 8.25. The number of anilines is 1. The molecule has 0 fully saturated rings. The Balaban J connectivity index is 1.70. The maximum Gasteiger partial charge on any atom is 0.270 e. The van der Waals surface area contributed by atoms with Gasteiger partial charge in [-0.2, -0.15) is 5.10 Å². The molecule has 3 aromatic carbocycles. The Morgan fingerprint density at radius 1 is 1.00 bits per heavy atom. The zero-order valence-corrected chi connectivity index (χ0v) is 19.6. The SMILES string of the molecule is COc1cc(C2C3CCOc4ccc([N+](=O)[O-])cc4C3=NN2c2ccccc2)cc(OC)c1OC. The van der Waals surface area contributed by atoms with E-state index in [1.807, 2.05) is 47.5 Å². The zero-order valence-electron chi connectivity index (χ0n) is 19.6. The minimum atomic E-state index is -0.401. The molecule has 2 unspecified atom stereocenters. The summed E-state index contributed by atoms with van der Waals surface area (Å²) in [5.74, 6) is 2.10. The van der Waals surface area contributed by atoms with Gasteiger partial charge in [0.15, 0.2) is 11.5 Å². The first-order valence-corrected chi connectivity index (χ1v) is 11.2. The largest absolute Gasteiger partial charge is 0.493 e. The number of nitrogens with zero attached hydrogens (tertiary/aromatic N) is 3. The van der Waals surface area contributed by atoms with E-state index in [0.717, 1.165) is 17.0 Å². The van der Waals surface area contributed by atoms with Gasteiger partial charge in [-0.15, -0.1) is 0 Å². The fraction of sp³-hybridized carbons (Fsp3) is 0.269. The molecular formula is C26H25N3O6. The number of benzene rings is 3.